The highest BCUT2D eigenvalue weighted by molar-refractivity contribution is 5.69. The first-order valence-electron chi connectivity index (χ1n) is 17.9. The zero-order chi connectivity index (χ0) is 36.7. The van der Waals surface area contributed by atoms with E-state index in [1.807, 2.05) is 158 Å². The first-order chi connectivity index (χ1) is 26.0. The molecule has 0 fully saturated rings. The predicted molar refractivity (Wildman–Crippen MR) is 202 cm³/mol. The van der Waals surface area contributed by atoms with Crippen molar-refractivity contribution >= 4 is 12.1 Å². The van der Waals surface area contributed by atoms with E-state index in [4.69, 9.17) is 23.7 Å². The second-order valence-electron chi connectivity index (χ2n) is 12.9. The molecule has 1 amide bonds. The minimum absolute atomic E-state index is 0.0871. The molecule has 1 aliphatic rings. The molecule has 6 rings (SSSR count). The molecule has 5 aromatic rings. The third-order valence-corrected chi connectivity index (χ3v) is 8.96. The summed E-state index contributed by atoms with van der Waals surface area (Å²) in [5.41, 5.74) is 4.59. The Balaban J connectivity index is 1.42. The smallest absolute Gasteiger partial charge is 0.410 e. The molecule has 5 aromatic carbocycles. The fraction of sp³-hybridized carbons (Fsp3) is 0.244. The Morgan fingerprint density at radius 3 is 1.34 bits per heavy atom. The number of hydrogen-bond acceptors (Lipinski definition) is 7. The molecule has 0 saturated heterocycles. The highest BCUT2D eigenvalue weighted by Crippen LogP contribution is 2.31. The van der Waals surface area contributed by atoms with Crippen molar-refractivity contribution in [1.82, 2.24) is 4.90 Å². The summed E-state index contributed by atoms with van der Waals surface area (Å²) in [6.45, 7) is 2.35. The van der Waals surface area contributed by atoms with Crippen LogP contribution in [0.5, 0.6) is 0 Å². The van der Waals surface area contributed by atoms with E-state index in [0.29, 0.717) is 0 Å². The molecule has 53 heavy (non-hydrogen) atoms. The fourth-order valence-electron chi connectivity index (χ4n) is 6.34. The summed E-state index contributed by atoms with van der Waals surface area (Å²) in [6, 6.07) is 48.0. The lowest BCUT2D eigenvalue weighted by Gasteiger charge is -2.40. The van der Waals surface area contributed by atoms with Gasteiger partial charge < -0.3 is 23.7 Å². The number of amides is 1. The van der Waals surface area contributed by atoms with Crippen molar-refractivity contribution in [2.75, 3.05) is 0 Å². The maximum absolute atomic E-state index is 14.3. The van der Waals surface area contributed by atoms with Gasteiger partial charge in [-0.25, -0.2) is 4.79 Å². The van der Waals surface area contributed by atoms with Crippen molar-refractivity contribution in [1.29, 1.82) is 0 Å². The van der Waals surface area contributed by atoms with E-state index in [2.05, 4.69) is 0 Å². The molecule has 8 heteroatoms. The maximum atomic E-state index is 14.3. The van der Waals surface area contributed by atoms with Gasteiger partial charge in [0.1, 0.15) is 31.0 Å². The lowest BCUT2D eigenvalue weighted by molar-refractivity contribution is -0.189. The molecule has 0 saturated carbocycles. The quantitative estimate of drug-likeness (QED) is 0.0796. The van der Waals surface area contributed by atoms with E-state index >= 15 is 0 Å². The third-order valence-electron chi connectivity index (χ3n) is 8.96. The van der Waals surface area contributed by atoms with Crippen LogP contribution < -0.4 is 0 Å². The van der Waals surface area contributed by atoms with Crippen LogP contribution in [-0.2, 0) is 61.5 Å². The summed E-state index contributed by atoms with van der Waals surface area (Å²) < 4.78 is 32.4. The van der Waals surface area contributed by atoms with Gasteiger partial charge in [0.2, 0.25) is 0 Å². The Bertz CT molecular complexity index is 1860. The molecule has 0 radical (unpaired) electrons. The number of rotatable bonds is 15. The Morgan fingerprint density at radius 2 is 0.887 bits per heavy atom. The van der Waals surface area contributed by atoms with Crippen LogP contribution >= 0.6 is 0 Å². The molecule has 8 nitrogen and oxygen atoms in total. The van der Waals surface area contributed by atoms with Gasteiger partial charge in [0.05, 0.1) is 25.9 Å². The van der Waals surface area contributed by atoms with E-state index < -0.39 is 42.5 Å². The van der Waals surface area contributed by atoms with E-state index in [-0.39, 0.29) is 33.0 Å². The highest BCUT2D eigenvalue weighted by atomic mass is 16.6. The molecular weight excluding hydrogens is 666 g/mol. The lowest BCUT2D eigenvalue weighted by atomic mass is 9.99. The number of carbonyl (C=O) groups excluding carboxylic acids is 2. The van der Waals surface area contributed by atoms with Crippen molar-refractivity contribution in [3.05, 3.63) is 192 Å². The first-order valence-corrected chi connectivity index (χ1v) is 17.9. The SMILES string of the molecule is CC(=O)O[C@@H]1C=C[C@@H](N(Cc2ccccc2)C(=O)OCc2ccccc2)[C@H](OCc2ccccc2)[C@@H](OCc2ccccc2)[C@@H]1OCc1ccccc1. The number of ether oxygens (including phenoxy) is 5. The maximum Gasteiger partial charge on any atom is 0.410 e. The minimum Gasteiger partial charge on any atom is -0.455 e. The average molecular weight is 712 g/mol. The van der Waals surface area contributed by atoms with Gasteiger partial charge in [0.15, 0.2) is 0 Å². The van der Waals surface area contributed by atoms with Crippen LogP contribution in [0.4, 0.5) is 4.79 Å². The first kappa shape index (κ1) is 37.2. The van der Waals surface area contributed by atoms with E-state index in [0.717, 1.165) is 27.8 Å². The Kier molecular flexibility index (Phi) is 13.6. The summed E-state index contributed by atoms with van der Waals surface area (Å²) in [7, 11) is 0. The number of carbonyl (C=O) groups is 2. The van der Waals surface area contributed by atoms with Gasteiger partial charge in [-0.1, -0.05) is 158 Å². The zero-order valence-corrected chi connectivity index (χ0v) is 29.8. The molecule has 0 N–H and O–H groups in total. The normalized spacial score (nSPS) is 19.5. The second-order valence-corrected chi connectivity index (χ2v) is 12.9. The van der Waals surface area contributed by atoms with Crippen molar-refractivity contribution in [3.63, 3.8) is 0 Å². The lowest BCUT2D eigenvalue weighted by Crippen LogP contribution is -2.56. The molecule has 0 heterocycles. The summed E-state index contributed by atoms with van der Waals surface area (Å²) >= 11 is 0. The topological polar surface area (TPSA) is 83.5 Å². The average Bonchev–Trinajstić information content (AvgIpc) is 3.34. The van der Waals surface area contributed by atoms with Crippen LogP contribution in [0, 0.1) is 0 Å². The van der Waals surface area contributed by atoms with Gasteiger partial charge in [0, 0.05) is 13.5 Å². The van der Waals surface area contributed by atoms with Crippen LogP contribution in [0.1, 0.15) is 34.7 Å². The number of nitrogens with zero attached hydrogens (tertiary/aromatic N) is 1. The number of hydrogen-bond donors (Lipinski definition) is 0. The van der Waals surface area contributed by atoms with Crippen molar-refractivity contribution < 1.29 is 33.3 Å². The molecule has 0 spiro atoms. The van der Waals surface area contributed by atoms with Gasteiger partial charge >= 0.3 is 12.1 Å². The fourth-order valence-corrected chi connectivity index (χ4v) is 6.34. The standard InChI is InChI=1S/C45H45NO7/c1-34(47)53-41-28-27-40(46(29-35-17-7-2-8-18-35)45(48)52-33-39-25-15-6-16-26-39)42(49-30-36-19-9-3-10-20-36)44(51-32-38-23-13-5-14-24-38)43(41)50-31-37-21-11-4-12-22-37/h2-28,40-44H,29-33H2,1H3/t40-,41-,42+,43-,44-/m1/s1. The monoisotopic (exact) mass is 711 g/mol. The molecule has 272 valence electrons. The van der Waals surface area contributed by atoms with Crippen LogP contribution in [0.15, 0.2) is 164 Å². The largest absolute Gasteiger partial charge is 0.455 e. The van der Waals surface area contributed by atoms with Crippen molar-refractivity contribution in [2.24, 2.45) is 0 Å². The predicted octanol–water partition coefficient (Wildman–Crippen LogP) is 8.45. The molecule has 1 aliphatic carbocycles. The number of esters is 1. The van der Waals surface area contributed by atoms with Gasteiger partial charge in [-0.05, 0) is 33.9 Å². The van der Waals surface area contributed by atoms with E-state index in [1.165, 1.54) is 6.92 Å². The van der Waals surface area contributed by atoms with E-state index in [1.54, 1.807) is 11.0 Å². The summed E-state index contributed by atoms with van der Waals surface area (Å²) in [6.07, 6.45) is -0.185. The van der Waals surface area contributed by atoms with Crippen molar-refractivity contribution in [2.45, 2.75) is 70.4 Å². The summed E-state index contributed by atoms with van der Waals surface area (Å²) in [5.74, 6) is -0.474. The van der Waals surface area contributed by atoms with Gasteiger partial charge in [0.25, 0.3) is 0 Å². The molecule has 5 atom stereocenters. The molecule has 0 unspecified atom stereocenters. The Morgan fingerprint density at radius 1 is 0.491 bits per heavy atom. The third kappa shape index (κ3) is 11.0. The highest BCUT2D eigenvalue weighted by Gasteiger charge is 2.46. The van der Waals surface area contributed by atoms with Crippen LogP contribution in [0.2, 0.25) is 0 Å². The molecule has 0 aromatic heterocycles. The van der Waals surface area contributed by atoms with Gasteiger partial charge in [-0.2, -0.15) is 0 Å². The van der Waals surface area contributed by atoms with Crippen LogP contribution in [0.3, 0.4) is 0 Å². The van der Waals surface area contributed by atoms with Crippen LogP contribution in [-0.4, -0.2) is 47.4 Å². The molecular formula is C45H45NO7. The van der Waals surface area contributed by atoms with Gasteiger partial charge in [-0.3, -0.25) is 9.69 Å². The minimum atomic E-state index is -0.858. The Labute approximate surface area is 311 Å². The molecule has 0 aliphatic heterocycles. The van der Waals surface area contributed by atoms with Gasteiger partial charge in [-0.15, -0.1) is 0 Å². The number of benzene rings is 5. The summed E-state index contributed by atoms with van der Waals surface area (Å²) in [5, 5.41) is 0. The van der Waals surface area contributed by atoms with E-state index in [9.17, 15) is 9.59 Å². The zero-order valence-electron chi connectivity index (χ0n) is 29.8. The van der Waals surface area contributed by atoms with Crippen LogP contribution in [0.25, 0.3) is 0 Å². The summed E-state index contributed by atoms with van der Waals surface area (Å²) in [4.78, 5) is 28.6. The van der Waals surface area contributed by atoms with Crippen molar-refractivity contribution in [3.8, 4) is 0 Å². The molecule has 0 bridgehead atoms. The Hall–Kier alpha value is -5.54. The second kappa shape index (κ2) is 19.3.